The van der Waals surface area contributed by atoms with E-state index in [1.807, 2.05) is 0 Å². The van der Waals surface area contributed by atoms with E-state index in [-0.39, 0.29) is 11.8 Å². The van der Waals surface area contributed by atoms with Gasteiger partial charge in [-0.3, -0.25) is 4.79 Å². The lowest BCUT2D eigenvalue weighted by atomic mass is 10.0. The second-order valence-electron chi connectivity index (χ2n) is 5.50. The Balaban J connectivity index is 2.09. The third-order valence-electron chi connectivity index (χ3n) is 3.47. The second kappa shape index (κ2) is 5.05. The molecule has 2 N–H and O–H groups in total. The summed E-state index contributed by atoms with van der Waals surface area (Å²) < 4.78 is 13.7. The highest BCUT2D eigenvalue weighted by Crippen LogP contribution is 2.50. The first-order valence-electron chi connectivity index (χ1n) is 6.23. The largest absolute Gasteiger partial charge is 0.480 e. The van der Waals surface area contributed by atoms with Crippen LogP contribution in [0, 0.1) is 11.7 Å². The highest BCUT2D eigenvalue weighted by Gasteiger charge is 2.47. The van der Waals surface area contributed by atoms with Crippen LogP contribution in [0.4, 0.5) is 4.39 Å². The Hall–Kier alpha value is -1.62. The molecule has 0 saturated heterocycles. The quantitative estimate of drug-likeness (QED) is 0.898. The highest BCUT2D eigenvalue weighted by atomic mass is 35.5. The molecule has 6 heteroatoms. The van der Waals surface area contributed by atoms with Gasteiger partial charge >= 0.3 is 5.97 Å². The van der Waals surface area contributed by atoms with Crippen molar-refractivity contribution in [2.75, 3.05) is 0 Å². The summed E-state index contributed by atoms with van der Waals surface area (Å²) in [4.78, 5) is 23.0. The predicted octanol–water partition coefficient (Wildman–Crippen LogP) is 2.56. The molecule has 0 aliphatic heterocycles. The number of benzene rings is 1. The van der Waals surface area contributed by atoms with Crippen molar-refractivity contribution in [3.05, 3.63) is 34.6 Å². The van der Waals surface area contributed by atoms with Crippen LogP contribution in [0.1, 0.15) is 31.7 Å². The molecule has 1 aliphatic carbocycles. The normalized spacial score (nSPS) is 21.4. The molecule has 0 aromatic heterocycles. The van der Waals surface area contributed by atoms with Gasteiger partial charge in [0.2, 0.25) is 5.91 Å². The Morgan fingerprint density at radius 1 is 1.45 bits per heavy atom. The highest BCUT2D eigenvalue weighted by molar-refractivity contribution is 6.31. The van der Waals surface area contributed by atoms with Gasteiger partial charge in [-0.15, -0.1) is 0 Å². The minimum absolute atomic E-state index is 0.284. The number of carboxylic acid groups (broad SMARTS) is 1. The number of hydrogen-bond acceptors (Lipinski definition) is 2. The lowest BCUT2D eigenvalue weighted by Gasteiger charge is -2.21. The van der Waals surface area contributed by atoms with Gasteiger partial charge in [-0.05, 0) is 32.4 Å². The van der Waals surface area contributed by atoms with Crippen LogP contribution in [0.15, 0.2) is 18.2 Å². The summed E-state index contributed by atoms with van der Waals surface area (Å²) in [5.41, 5.74) is -1.01. The molecule has 2 atom stereocenters. The van der Waals surface area contributed by atoms with E-state index in [9.17, 15) is 14.0 Å². The summed E-state index contributed by atoms with van der Waals surface area (Å²) in [6.45, 7) is 2.81. The van der Waals surface area contributed by atoms with Gasteiger partial charge in [-0.25, -0.2) is 9.18 Å². The molecule has 1 fully saturated rings. The van der Waals surface area contributed by atoms with Crippen molar-refractivity contribution >= 4 is 23.5 Å². The number of nitrogens with one attached hydrogen (secondary N) is 1. The summed E-state index contributed by atoms with van der Waals surface area (Å²) >= 11 is 5.95. The van der Waals surface area contributed by atoms with Crippen molar-refractivity contribution in [3.8, 4) is 0 Å². The van der Waals surface area contributed by atoms with E-state index in [1.165, 1.54) is 26.0 Å². The molecule has 1 aromatic rings. The van der Waals surface area contributed by atoms with E-state index in [4.69, 9.17) is 16.7 Å². The van der Waals surface area contributed by atoms with Crippen LogP contribution in [0.3, 0.4) is 0 Å². The van der Waals surface area contributed by atoms with E-state index in [2.05, 4.69) is 5.32 Å². The van der Waals surface area contributed by atoms with Crippen molar-refractivity contribution < 1.29 is 19.1 Å². The molecule has 0 spiro atoms. The summed E-state index contributed by atoms with van der Waals surface area (Å²) in [5, 5.41) is 11.7. The predicted molar refractivity (Wildman–Crippen MR) is 72.1 cm³/mol. The Bertz CT molecular complexity index is 553. The Labute approximate surface area is 120 Å². The number of carbonyl (C=O) groups is 2. The maximum absolute atomic E-state index is 13.7. The van der Waals surface area contributed by atoms with Gasteiger partial charge in [-0.1, -0.05) is 17.7 Å². The standard InChI is InChI=1S/C14H15ClFNO3/c1-14(2,13(19)20)17-12(18)8-6-7(8)11-9(15)4-3-5-10(11)16/h3-5,7-8H,6H2,1-2H3,(H,17,18)(H,19,20)/t7-,8+/m1/s1. The van der Waals surface area contributed by atoms with Crippen molar-refractivity contribution in [1.82, 2.24) is 5.32 Å². The molecule has 0 radical (unpaired) electrons. The fraction of sp³-hybridized carbons (Fsp3) is 0.429. The van der Waals surface area contributed by atoms with Crippen molar-refractivity contribution in [1.29, 1.82) is 0 Å². The lowest BCUT2D eigenvalue weighted by Crippen LogP contribution is -2.50. The zero-order valence-corrected chi connectivity index (χ0v) is 11.9. The minimum Gasteiger partial charge on any atom is -0.480 e. The summed E-state index contributed by atoms with van der Waals surface area (Å²) in [6.07, 6.45) is 0.474. The van der Waals surface area contributed by atoms with Gasteiger partial charge < -0.3 is 10.4 Å². The molecule has 1 amide bonds. The molecule has 0 heterocycles. The van der Waals surface area contributed by atoms with Gasteiger partial charge in [0.15, 0.2) is 0 Å². The first-order valence-corrected chi connectivity index (χ1v) is 6.61. The average molecular weight is 300 g/mol. The average Bonchev–Trinajstić information content (AvgIpc) is 3.08. The van der Waals surface area contributed by atoms with Gasteiger partial charge in [0, 0.05) is 22.4 Å². The molecule has 20 heavy (non-hydrogen) atoms. The molecular weight excluding hydrogens is 285 g/mol. The molecule has 2 rings (SSSR count). The maximum Gasteiger partial charge on any atom is 0.328 e. The van der Waals surface area contributed by atoms with E-state index in [0.717, 1.165) is 0 Å². The summed E-state index contributed by atoms with van der Waals surface area (Å²) in [6, 6.07) is 4.39. The van der Waals surface area contributed by atoms with E-state index in [0.29, 0.717) is 17.0 Å². The molecule has 108 valence electrons. The lowest BCUT2D eigenvalue weighted by molar-refractivity contribution is -0.146. The third kappa shape index (κ3) is 2.77. The Morgan fingerprint density at radius 2 is 2.10 bits per heavy atom. The number of rotatable bonds is 4. The van der Waals surface area contributed by atoms with Crippen LogP contribution in [0.25, 0.3) is 0 Å². The number of carboxylic acids is 1. The monoisotopic (exact) mass is 299 g/mol. The van der Waals surface area contributed by atoms with Crippen LogP contribution in [0.5, 0.6) is 0 Å². The van der Waals surface area contributed by atoms with E-state index < -0.39 is 23.2 Å². The molecule has 1 saturated carbocycles. The molecule has 1 aromatic carbocycles. The van der Waals surface area contributed by atoms with Gasteiger partial charge in [-0.2, -0.15) is 0 Å². The van der Waals surface area contributed by atoms with Crippen LogP contribution < -0.4 is 5.32 Å². The van der Waals surface area contributed by atoms with Crippen molar-refractivity contribution in [2.45, 2.75) is 31.7 Å². The van der Waals surface area contributed by atoms with Crippen LogP contribution >= 0.6 is 11.6 Å². The SMILES string of the molecule is CC(C)(NC(=O)[C@H]1C[C@H]1c1c(F)cccc1Cl)C(=O)O. The zero-order chi connectivity index (χ0) is 15.1. The van der Waals surface area contributed by atoms with Crippen molar-refractivity contribution in [2.24, 2.45) is 5.92 Å². The Kier molecular flexibility index (Phi) is 3.73. The van der Waals surface area contributed by atoms with Crippen LogP contribution in [-0.4, -0.2) is 22.5 Å². The molecular formula is C14H15ClFNO3. The smallest absolute Gasteiger partial charge is 0.328 e. The van der Waals surface area contributed by atoms with E-state index >= 15 is 0 Å². The summed E-state index contributed by atoms with van der Waals surface area (Å²) in [5.74, 6) is -2.65. The maximum atomic E-state index is 13.7. The minimum atomic E-state index is -1.34. The van der Waals surface area contributed by atoms with Crippen LogP contribution in [0.2, 0.25) is 5.02 Å². The fourth-order valence-electron chi connectivity index (χ4n) is 2.12. The molecule has 0 bridgehead atoms. The number of hydrogen-bond donors (Lipinski definition) is 2. The van der Waals surface area contributed by atoms with Crippen molar-refractivity contribution in [3.63, 3.8) is 0 Å². The number of amides is 1. The van der Waals surface area contributed by atoms with Crippen LogP contribution in [-0.2, 0) is 9.59 Å². The molecule has 1 aliphatic rings. The topological polar surface area (TPSA) is 66.4 Å². The third-order valence-corrected chi connectivity index (χ3v) is 3.80. The number of carbonyl (C=O) groups excluding carboxylic acids is 1. The number of halogens is 2. The van der Waals surface area contributed by atoms with Gasteiger partial charge in [0.25, 0.3) is 0 Å². The first-order chi connectivity index (χ1) is 9.24. The Morgan fingerprint density at radius 3 is 2.65 bits per heavy atom. The zero-order valence-electron chi connectivity index (χ0n) is 11.1. The van der Waals surface area contributed by atoms with Gasteiger partial charge in [0.1, 0.15) is 11.4 Å². The first kappa shape index (κ1) is 14.8. The second-order valence-corrected chi connectivity index (χ2v) is 5.91. The molecule has 0 unspecified atom stereocenters. The fourth-order valence-corrected chi connectivity index (χ4v) is 2.43. The van der Waals surface area contributed by atoms with Gasteiger partial charge in [0.05, 0.1) is 0 Å². The molecule has 4 nitrogen and oxygen atoms in total. The van der Waals surface area contributed by atoms with E-state index in [1.54, 1.807) is 6.07 Å². The number of aliphatic carboxylic acids is 1. The summed E-state index contributed by atoms with van der Waals surface area (Å²) in [7, 11) is 0.